The topological polar surface area (TPSA) is 41.8 Å². The third-order valence-corrected chi connectivity index (χ3v) is 3.21. The first-order valence-electron chi connectivity index (χ1n) is 6.42. The van der Waals surface area contributed by atoms with Gasteiger partial charge in [-0.3, -0.25) is 0 Å². The molecule has 2 rings (SSSR count). The van der Waals surface area contributed by atoms with Crippen LogP contribution in [0.5, 0.6) is 5.75 Å². The molecule has 0 heterocycles. The highest BCUT2D eigenvalue weighted by Crippen LogP contribution is 2.21. The molecule has 3 nitrogen and oxygen atoms in total. The summed E-state index contributed by atoms with van der Waals surface area (Å²) < 4.78 is 5.81. The lowest BCUT2D eigenvalue weighted by Crippen LogP contribution is -2.04. The Morgan fingerprint density at radius 3 is 2.50 bits per heavy atom. The van der Waals surface area contributed by atoms with Crippen LogP contribution in [0.15, 0.2) is 53.7 Å². The zero-order chi connectivity index (χ0) is 14.4. The zero-order valence-electron chi connectivity index (χ0n) is 11.2. The van der Waals surface area contributed by atoms with Crippen molar-refractivity contribution in [3.05, 3.63) is 64.7 Å². The normalized spacial score (nSPS) is 11.4. The largest absolute Gasteiger partial charge is 0.488 e. The Balaban J connectivity index is 2.15. The summed E-state index contributed by atoms with van der Waals surface area (Å²) in [7, 11) is 0. The lowest BCUT2D eigenvalue weighted by atomic mass is 10.1. The maximum Gasteiger partial charge on any atom is 0.128 e. The smallest absolute Gasteiger partial charge is 0.128 e. The molecule has 0 aliphatic carbocycles. The van der Waals surface area contributed by atoms with Gasteiger partial charge in [-0.05, 0) is 36.2 Å². The van der Waals surface area contributed by atoms with E-state index in [2.05, 4.69) is 5.16 Å². The van der Waals surface area contributed by atoms with Crippen LogP contribution < -0.4 is 4.74 Å². The molecular formula is C16H16ClNO2. The van der Waals surface area contributed by atoms with Crippen LogP contribution in [0.2, 0.25) is 5.02 Å². The molecule has 1 N–H and O–H groups in total. The van der Waals surface area contributed by atoms with Crippen LogP contribution in [-0.4, -0.2) is 10.9 Å². The fourth-order valence-corrected chi connectivity index (χ4v) is 2.01. The van der Waals surface area contributed by atoms with Crippen LogP contribution in [0.3, 0.4) is 0 Å². The standard InChI is InChI=1S/C16H16ClNO2/c1-2-15(18-19)14-5-3-4-6-16(14)20-11-12-7-9-13(17)10-8-12/h3-10,19H,2,11H2,1H3/b18-15+. The van der Waals surface area contributed by atoms with Crippen molar-refractivity contribution in [3.8, 4) is 5.75 Å². The predicted octanol–water partition coefficient (Wildman–Crippen LogP) is 4.51. The summed E-state index contributed by atoms with van der Waals surface area (Å²) in [6.07, 6.45) is 0.637. The molecule has 2 aromatic carbocycles. The van der Waals surface area contributed by atoms with Crippen molar-refractivity contribution in [1.82, 2.24) is 0 Å². The Bertz CT molecular complexity index is 594. The second-order valence-electron chi connectivity index (χ2n) is 4.31. The van der Waals surface area contributed by atoms with Crippen molar-refractivity contribution in [2.45, 2.75) is 20.0 Å². The Hall–Kier alpha value is -2.00. The maximum absolute atomic E-state index is 9.04. The molecule has 4 heteroatoms. The van der Waals surface area contributed by atoms with Crippen LogP contribution in [0.1, 0.15) is 24.5 Å². The number of oxime groups is 1. The third-order valence-electron chi connectivity index (χ3n) is 2.96. The van der Waals surface area contributed by atoms with Crippen LogP contribution in [0.4, 0.5) is 0 Å². The van der Waals surface area contributed by atoms with Crippen molar-refractivity contribution >= 4 is 17.3 Å². The van der Waals surface area contributed by atoms with Gasteiger partial charge in [0.15, 0.2) is 0 Å². The first kappa shape index (κ1) is 14.4. The maximum atomic E-state index is 9.04. The van der Waals surface area contributed by atoms with Gasteiger partial charge in [0.25, 0.3) is 0 Å². The summed E-state index contributed by atoms with van der Waals surface area (Å²) in [6.45, 7) is 2.38. The SMILES string of the molecule is CC/C(=N\O)c1ccccc1OCc1ccc(Cl)cc1. The summed E-state index contributed by atoms with van der Waals surface area (Å²) >= 11 is 5.85. The molecule has 104 valence electrons. The highest BCUT2D eigenvalue weighted by molar-refractivity contribution is 6.30. The Labute approximate surface area is 123 Å². The van der Waals surface area contributed by atoms with Gasteiger partial charge in [-0.25, -0.2) is 0 Å². The molecule has 0 aromatic heterocycles. The second kappa shape index (κ2) is 6.96. The van der Waals surface area contributed by atoms with Gasteiger partial charge in [0, 0.05) is 10.6 Å². The third kappa shape index (κ3) is 3.52. The minimum absolute atomic E-state index is 0.441. The van der Waals surface area contributed by atoms with Crippen LogP contribution in [0.25, 0.3) is 0 Å². The van der Waals surface area contributed by atoms with Crippen molar-refractivity contribution in [1.29, 1.82) is 0 Å². The first-order valence-corrected chi connectivity index (χ1v) is 6.80. The minimum atomic E-state index is 0.441. The van der Waals surface area contributed by atoms with E-state index in [1.54, 1.807) is 0 Å². The molecule has 0 spiro atoms. The molecule has 0 amide bonds. The van der Waals surface area contributed by atoms with Gasteiger partial charge < -0.3 is 9.94 Å². The average molecular weight is 290 g/mol. The van der Waals surface area contributed by atoms with E-state index < -0.39 is 0 Å². The summed E-state index contributed by atoms with van der Waals surface area (Å²) in [6, 6.07) is 15.0. The molecule has 2 aromatic rings. The molecule has 0 radical (unpaired) electrons. The number of hydrogen-bond acceptors (Lipinski definition) is 3. The molecule has 20 heavy (non-hydrogen) atoms. The first-order chi connectivity index (χ1) is 9.74. The van der Waals surface area contributed by atoms with Crippen LogP contribution in [-0.2, 0) is 6.61 Å². The molecule has 0 atom stereocenters. The molecule has 0 saturated heterocycles. The van der Waals surface area contributed by atoms with Crippen molar-refractivity contribution in [3.63, 3.8) is 0 Å². The molecular weight excluding hydrogens is 274 g/mol. The summed E-state index contributed by atoms with van der Waals surface area (Å²) in [5.74, 6) is 0.706. The van der Waals surface area contributed by atoms with Gasteiger partial charge in [-0.1, -0.05) is 47.9 Å². The molecule has 0 fully saturated rings. The number of para-hydroxylation sites is 1. The van der Waals surface area contributed by atoms with Gasteiger partial charge in [-0.2, -0.15) is 0 Å². The number of benzene rings is 2. The van der Waals surface area contributed by atoms with E-state index in [0.29, 0.717) is 29.5 Å². The zero-order valence-corrected chi connectivity index (χ0v) is 12.0. The van der Waals surface area contributed by atoms with Gasteiger partial charge in [0.1, 0.15) is 12.4 Å². The van der Waals surface area contributed by atoms with E-state index >= 15 is 0 Å². The van der Waals surface area contributed by atoms with Gasteiger partial charge in [-0.15, -0.1) is 0 Å². The molecule has 0 unspecified atom stereocenters. The van der Waals surface area contributed by atoms with E-state index in [4.69, 9.17) is 21.5 Å². The van der Waals surface area contributed by atoms with E-state index in [1.165, 1.54) is 0 Å². The van der Waals surface area contributed by atoms with Crippen molar-refractivity contribution < 1.29 is 9.94 Å². The van der Waals surface area contributed by atoms with Crippen LogP contribution >= 0.6 is 11.6 Å². The Kier molecular flexibility index (Phi) is 5.02. The molecule has 0 aliphatic heterocycles. The summed E-state index contributed by atoms with van der Waals surface area (Å²) in [4.78, 5) is 0. The van der Waals surface area contributed by atoms with E-state index in [9.17, 15) is 0 Å². The highest BCUT2D eigenvalue weighted by Gasteiger charge is 2.09. The number of rotatable bonds is 5. The number of hydrogen-bond donors (Lipinski definition) is 1. The predicted molar refractivity (Wildman–Crippen MR) is 80.8 cm³/mol. The minimum Gasteiger partial charge on any atom is -0.488 e. The van der Waals surface area contributed by atoms with E-state index in [1.807, 2.05) is 55.5 Å². The molecule has 0 aliphatic rings. The van der Waals surface area contributed by atoms with Crippen molar-refractivity contribution in [2.24, 2.45) is 5.16 Å². The molecule has 0 saturated carbocycles. The fraction of sp³-hybridized carbons (Fsp3) is 0.188. The Morgan fingerprint density at radius 1 is 1.15 bits per heavy atom. The highest BCUT2D eigenvalue weighted by atomic mass is 35.5. The summed E-state index contributed by atoms with van der Waals surface area (Å²) in [5, 5.41) is 13.1. The fourth-order valence-electron chi connectivity index (χ4n) is 1.89. The summed E-state index contributed by atoms with van der Waals surface area (Å²) in [5.41, 5.74) is 2.45. The van der Waals surface area contributed by atoms with E-state index in [0.717, 1.165) is 11.1 Å². The average Bonchev–Trinajstić information content (AvgIpc) is 2.49. The number of halogens is 1. The lowest BCUT2D eigenvalue weighted by Gasteiger charge is -2.11. The lowest BCUT2D eigenvalue weighted by molar-refractivity contribution is 0.303. The number of ether oxygens (including phenoxy) is 1. The monoisotopic (exact) mass is 289 g/mol. The van der Waals surface area contributed by atoms with Gasteiger partial charge in [0.05, 0.1) is 5.71 Å². The Morgan fingerprint density at radius 2 is 1.85 bits per heavy atom. The van der Waals surface area contributed by atoms with Crippen molar-refractivity contribution in [2.75, 3.05) is 0 Å². The quantitative estimate of drug-likeness (QED) is 0.500. The number of nitrogens with zero attached hydrogens (tertiary/aromatic N) is 1. The van der Waals surface area contributed by atoms with Gasteiger partial charge >= 0.3 is 0 Å². The van der Waals surface area contributed by atoms with Gasteiger partial charge in [0.2, 0.25) is 0 Å². The second-order valence-corrected chi connectivity index (χ2v) is 4.75. The van der Waals surface area contributed by atoms with Crippen LogP contribution in [0, 0.1) is 0 Å². The molecule has 0 bridgehead atoms. The van der Waals surface area contributed by atoms with E-state index in [-0.39, 0.29) is 0 Å².